The third-order valence-electron chi connectivity index (χ3n) is 4.20. The van der Waals surface area contributed by atoms with Gasteiger partial charge in [0.25, 0.3) is 0 Å². The number of benzene rings is 1. The number of rotatable bonds is 8. The molecule has 1 saturated carbocycles. The van der Waals surface area contributed by atoms with Gasteiger partial charge in [0.1, 0.15) is 5.75 Å². The maximum Gasteiger partial charge on any atom is 0.119 e. The highest BCUT2D eigenvalue weighted by atomic mass is 16.5. The molecule has 2 heteroatoms. The van der Waals surface area contributed by atoms with Crippen molar-refractivity contribution >= 4 is 0 Å². The van der Waals surface area contributed by atoms with Gasteiger partial charge in [-0.15, -0.1) is 0 Å². The topological polar surface area (TPSA) is 21.3 Å². The van der Waals surface area contributed by atoms with Crippen LogP contribution in [0.25, 0.3) is 0 Å². The van der Waals surface area contributed by atoms with E-state index < -0.39 is 0 Å². The Morgan fingerprint density at radius 2 is 1.80 bits per heavy atom. The second-order valence-corrected chi connectivity index (χ2v) is 5.89. The largest absolute Gasteiger partial charge is 0.494 e. The first-order chi connectivity index (χ1) is 9.85. The van der Waals surface area contributed by atoms with Crippen LogP contribution in [-0.4, -0.2) is 13.2 Å². The lowest BCUT2D eigenvalue weighted by Gasteiger charge is -2.25. The smallest absolute Gasteiger partial charge is 0.119 e. The summed E-state index contributed by atoms with van der Waals surface area (Å²) in [6.45, 7) is 6.29. The Morgan fingerprint density at radius 3 is 2.40 bits per heavy atom. The molecule has 2 nitrogen and oxygen atoms in total. The molecule has 1 aliphatic carbocycles. The molecule has 0 bridgehead atoms. The number of hydrogen-bond acceptors (Lipinski definition) is 2. The summed E-state index contributed by atoms with van der Waals surface area (Å²) in [7, 11) is 0. The van der Waals surface area contributed by atoms with Crippen molar-refractivity contribution in [1.29, 1.82) is 0 Å². The molecule has 1 aromatic carbocycles. The summed E-state index contributed by atoms with van der Waals surface area (Å²) in [6.07, 6.45) is 7.79. The fraction of sp³-hybridized carbons (Fsp3) is 0.667. The van der Waals surface area contributed by atoms with Crippen LogP contribution in [0.5, 0.6) is 5.75 Å². The predicted molar refractivity (Wildman–Crippen MR) is 85.2 cm³/mol. The maximum absolute atomic E-state index is 5.68. The van der Waals surface area contributed by atoms with Crippen LogP contribution in [-0.2, 0) is 0 Å². The summed E-state index contributed by atoms with van der Waals surface area (Å²) in [4.78, 5) is 0. The first-order valence-corrected chi connectivity index (χ1v) is 8.31. The van der Waals surface area contributed by atoms with E-state index in [1.807, 2.05) is 0 Å². The molecule has 1 unspecified atom stereocenters. The van der Waals surface area contributed by atoms with Gasteiger partial charge in [-0.05, 0) is 55.8 Å². The van der Waals surface area contributed by atoms with Gasteiger partial charge in [-0.3, -0.25) is 0 Å². The van der Waals surface area contributed by atoms with E-state index in [0.717, 1.165) is 31.2 Å². The average Bonchev–Trinajstić information content (AvgIpc) is 3.01. The fourth-order valence-electron chi connectivity index (χ4n) is 3.14. The van der Waals surface area contributed by atoms with Gasteiger partial charge in [-0.25, -0.2) is 0 Å². The van der Waals surface area contributed by atoms with E-state index in [2.05, 4.69) is 43.4 Å². The van der Waals surface area contributed by atoms with Crippen LogP contribution in [0, 0.1) is 5.92 Å². The Morgan fingerprint density at radius 1 is 1.10 bits per heavy atom. The zero-order valence-electron chi connectivity index (χ0n) is 13.0. The SMILES string of the molecule is CCCNC(c1ccc(OCCC)cc1)C1CCCC1. The molecule has 112 valence electrons. The molecule has 1 N–H and O–H groups in total. The van der Waals surface area contributed by atoms with Crippen LogP contribution < -0.4 is 10.1 Å². The van der Waals surface area contributed by atoms with Crippen LogP contribution in [0.15, 0.2) is 24.3 Å². The van der Waals surface area contributed by atoms with E-state index >= 15 is 0 Å². The lowest BCUT2D eigenvalue weighted by molar-refractivity contribution is 0.316. The van der Waals surface area contributed by atoms with Gasteiger partial charge in [-0.1, -0.05) is 38.8 Å². The number of ether oxygens (including phenoxy) is 1. The minimum atomic E-state index is 0.526. The van der Waals surface area contributed by atoms with Crippen molar-refractivity contribution < 1.29 is 4.74 Å². The van der Waals surface area contributed by atoms with Crippen LogP contribution in [0.2, 0.25) is 0 Å². The van der Waals surface area contributed by atoms with Gasteiger partial charge in [0.2, 0.25) is 0 Å². The van der Waals surface area contributed by atoms with Gasteiger partial charge in [0.15, 0.2) is 0 Å². The fourth-order valence-corrected chi connectivity index (χ4v) is 3.14. The third-order valence-corrected chi connectivity index (χ3v) is 4.20. The summed E-state index contributed by atoms with van der Waals surface area (Å²) in [5, 5.41) is 3.75. The van der Waals surface area contributed by atoms with Crippen LogP contribution >= 0.6 is 0 Å². The highest BCUT2D eigenvalue weighted by Gasteiger charge is 2.25. The molecule has 1 aromatic rings. The van der Waals surface area contributed by atoms with E-state index in [0.29, 0.717) is 6.04 Å². The summed E-state index contributed by atoms with van der Waals surface area (Å²) in [5.74, 6) is 1.81. The quantitative estimate of drug-likeness (QED) is 0.742. The van der Waals surface area contributed by atoms with Gasteiger partial charge in [0, 0.05) is 6.04 Å². The second kappa shape index (κ2) is 8.31. The summed E-state index contributed by atoms with van der Waals surface area (Å²) in [6, 6.07) is 9.27. The van der Waals surface area contributed by atoms with Gasteiger partial charge >= 0.3 is 0 Å². The van der Waals surface area contributed by atoms with Gasteiger partial charge in [0.05, 0.1) is 6.61 Å². The van der Waals surface area contributed by atoms with Crippen molar-refractivity contribution in [3.63, 3.8) is 0 Å². The van der Waals surface area contributed by atoms with Gasteiger partial charge < -0.3 is 10.1 Å². The Balaban J connectivity index is 2.03. The summed E-state index contributed by atoms with van der Waals surface area (Å²) in [5.41, 5.74) is 1.43. The highest BCUT2D eigenvalue weighted by Crippen LogP contribution is 2.36. The minimum Gasteiger partial charge on any atom is -0.494 e. The molecule has 1 atom stereocenters. The van der Waals surface area contributed by atoms with E-state index in [1.54, 1.807) is 0 Å². The molecular formula is C18H29NO. The summed E-state index contributed by atoms with van der Waals surface area (Å²) >= 11 is 0. The van der Waals surface area contributed by atoms with Crippen LogP contribution in [0.1, 0.15) is 64.0 Å². The lowest BCUT2D eigenvalue weighted by Crippen LogP contribution is -2.27. The normalized spacial score (nSPS) is 17.3. The first kappa shape index (κ1) is 15.4. The highest BCUT2D eigenvalue weighted by molar-refractivity contribution is 5.29. The molecule has 0 radical (unpaired) electrons. The van der Waals surface area contributed by atoms with Crippen molar-refractivity contribution in [2.45, 2.75) is 58.4 Å². The molecule has 0 aliphatic heterocycles. The maximum atomic E-state index is 5.68. The zero-order valence-corrected chi connectivity index (χ0v) is 13.0. The molecule has 0 aromatic heterocycles. The molecule has 0 amide bonds. The van der Waals surface area contributed by atoms with Crippen molar-refractivity contribution in [3.05, 3.63) is 29.8 Å². The third kappa shape index (κ3) is 4.24. The van der Waals surface area contributed by atoms with Crippen molar-refractivity contribution in [3.8, 4) is 5.75 Å². The molecule has 1 fully saturated rings. The molecule has 0 saturated heterocycles. The average molecular weight is 275 g/mol. The molecule has 0 spiro atoms. The van der Waals surface area contributed by atoms with Crippen molar-refractivity contribution in [2.75, 3.05) is 13.2 Å². The number of hydrogen-bond donors (Lipinski definition) is 1. The van der Waals surface area contributed by atoms with Crippen molar-refractivity contribution in [2.24, 2.45) is 5.92 Å². The molecule has 20 heavy (non-hydrogen) atoms. The van der Waals surface area contributed by atoms with E-state index in [9.17, 15) is 0 Å². The van der Waals surface area contributed by atoms with Gasteiger partial charge in [-0.2, -0.15) is 0 Å². The Labute approximate surface area is 123 Å². The first-order valence-electron chi connectivity index (χ1n) is 8.31. The predicted octanol–water partition coefficient (Wildman–Crippen LogP) is 4.71. The standard InChI is InChI=1S/C18H29NO/c1-3-13-19-18(15-7-5-6-8-15)16-9-11-17(12-10-16)20-14-4-2/h9-12,15,18-19H,3-8,13-14H2,1-2H3. The van der Waals surface area contributed by atoms with E-state index in [1.165, 1.54) is 37.7 Å². The lowest BCUT2D eigenvalue weighted by atomic mass is 9.91. The Kier molecular flexibility index (Phi) is 6.38. The number of nitrogens with one attached hydrogen (secondary N) is 1. The van der Waals surface area contributed by atoms with Crippen molar-refractivity contribution in [1.82, 2.24) is 5.32 Å². The van der Waals surface area contributed by atoms with E-state index in [-0.39, 0.29) is 0 Å². The zero-order chi connectivity index (χ0) is 14.2. The summed E-state index contributed by atoms with van der Waals surface area (Å²) < 4.78 is 5.68. The van der Waals surface area contributed by atoms with Crippen LogP contribution in [0.3, 0.4) is 0 Å². The Hall–Kier alpha value is -1.02. The minimum absolute atomic E-state index is 0.526. The van der Waals surface area contributed by atoms with Crippen LogP contribution in [0.4, 0.5) is 0 Å². The molecule has 0 heterocycles. The van der Waals surface area contributed by atoms with E-state index in [4.69, 9.17) is 4.74 Å². The Bertz CT molecular complexity index is 368. The monoisotopic (exact) mass is 275 g/mol. The second-order valence-electron chi connectivity index (χ2n) is 5.89. The molecule has 2 rings (SSSR count). The molecular weight excluding hydrogens is 246 g/mol. The molecule has 1 aliphatic rings.